The van der Waals surface area contributed by atoms with Gasteiger partial charge in [-0.3, -0.25) is 19.3 Å². The van der Waals surface area contributed by atoms with Crippen LogP contribution in [0.2, 0.25) is 0 Å². The zero-order valence-corrected chi connectivity index (χ0v) is 16.9. The van der Waals surface area contributed by atoms with Crippen molar-refractivity contribution in [1.29, 1.82) is 0 Å². The maximum atomic E-state index is 12.2. The van der Waals surface area contributed by atoms with E-state index in [0.29, 0.717) is 11.4 Å². The first kappa shape index (κ1) is 21.5. The molecule has 0 aliphatic carbocycles. The van der Waals surface area contributed by atoms with Crippen molar-refractivity contribution < 1.29 is 14.4 Å². The third-order valence-electron chi connectivity index (χ3n) is 3.70. The Bertz CT molecular complexity index is 840. The van der Waals surface area contributed by atoms with Gasteiger partial charge >= 0.3 is 0 Å². The minimum Gasteiger partial charge on any atom is -0.326 e. The number of carbonyl (C=O) groups is 3. The Balaban J connectivity index is 1.81. The number of amides is 3. The fraction of sp³-hybridized carbons (Fsp3) is 0.250. The van der Waals surface area contributed by atoms with E-state index in [-0.39, 0.29) is 30.8 Å². The van der Waals surface area contributed by atoms with Crippen LogP contribution >= 0.6 is 11.8 Å². The van der Waals surface area contributed by atoms with Gasteiger partial charge in [0.05, 0.1) is 18.8 Å². The smallest absolute Gasteiger partial charge is 0.238 e. The van der Waals surface area contributed by atoms with Gasteiger partial charge in [-0.15, -0.1) is 11.8 Å². The van der Waals surface area contributed by atoms with E-state index in [1.165, 1.54) is 6.92 Å². The Morgan fingerprint density at radius 2 is 1.39 bits per heavy atom. The third-order valence-corrected chi connectivity index (χ3v) is 4.49. The van der Waals surface area contributed by atoms with Crippen LogP contribution < -0.4 is 16.0 Å². The molecule has 0 fully saturated rings. The van der Waals surface area contributed by atoms with E-state index in [9.17, 15) is 14.4 Å². The molecule has 0 aliphatic heterocycles. The summed E-state index contributed by atoms with van der Waals surface area (Å²) in [6, 6.07) is 14.4. The third kappa shape index (κ3) is 7.05. The van der Waals surface area contributed by atoms with Crippen molar-refractivity contribution in [2.75, 3.05) is 42.3 Å². The number of nitrogens with zero attached hydrogens (tertiary/aromatic N) is 1. The monoisotopic (exact) mass is 400 g/mol. The lowest BCUT2D eigenvalue weighted by atomic mass is 10.2. The van der Waals surface area contributed by atoms with E-state index >= 15 is 0 Å². The first-order valence-electron chi connectivity index (χ1n) is 8.66. The van der Waals surface area contributed by atoms with Crippen LogP contribution in [0.4, 0.5) is 17.1 Å². The largest absolute Gasteiger partial charge is 0.326 e. The molecule has 28 heavy (non-hydrogen) atoms. The maximum Gasteiger partial charge on any atom is 0.238 e. The van der Waals surface area contributed by atoms with Gasteiger partial charge in [-0.1, -0.05) is 12.1 Å². The fourth-order valence-electron chi connectivity index (χ4n) is 2.52. The second-order valence-electron chi connectivity index (χ2n) is 6.23. The number of hydrogen-bond acceptors (Lipinski definition) is 5. The Morgan fingerprint density at radius 3 is 1.96 bits per heavy atom. The van der Waals surface area contributed by atoms with Crippen LogP contribution in [-0.2, 0) is 14.4 Å². The molecule has 0 heterocycles. The zero-order valence-electron chi connectivity index (χ0n) is 16.1. The van der Waals surface area contributed by atoms with E-state index in [2.05, 4.69) is 16.0 Å². The highest BCUT2D eigenvalue weighted by Crippen LogP contribution is 2.24. The van der Waals surface area contributed by atoms with Crippen molar-refractivity contribution in [3.8, 4) is 0 Å². The lowest BCUT2D eigenvalue weighted by molar-refractivity contribution is -0.119. The number of hydrogen-bond donors (Lipinski definition) is 3. The van der Waals surface area contributed by atoms with Crippen molar-refractivity contribution in [2.24, 2.45) is 0 Å². The van der Waals surface area contributed by atoms with Gasteiger partial charge in [0, 0.05) is 23.2 Å². The molecule has 0 aliphatic rings. The number of anilines is 3. The Hall–Kier alpha value is -2.84. The second-order valence-corrected chi connectivity index (χ2v) is 7.08. The number of nitrogens with one attached hydrogen (secondary N) is 3. The van der Waals surface area contributed by atoms with E-state index in [0.717, 1.165) is 10.6 Å². The number of benzene rings is 2. The molecule has 0 spiro atoms. The average molecular weight is 401 g/mol. The normalized spacial score (nSPS) is 10.4. The highest BCUT2D eigenvalue weighted by molar-refractivity contribution is 7.98. The van der Waals surface area contributed by atoms with Gasteiger partial charge in [0.15, 0.2) is 0 Å². The maximum absolute atomic E-state index is 12.2. The summed E-state index contributed by atoms with van der Waals surface area (Å²) in [5, 5.41) is 8.30. The van der Waals surface area contributed by atoms with Crippen LogP contribution in [0, 0.1) is 0 Å². The van der Waals surface area contributed by atoms with Gasteiger partial charge < -0.3 is 16.0 Å². The van der Waals surface area contributed by atoms with Gasteiger partial charge in [0.2, 0.25) is 17.7 Å². The minimum atomic E-state index is -0.230. The highest BCUT2D eigenvalue weighted by atomic mass is 32.2. The molecule has 0 saturated heterocycles. The van der Waals surface area contributed by atoms with Crippen LogP contribution in [0.5, 0.6) is 0 Å². The highest BCUT2D eigenvalue weighted by Gasteiger charge is 2.12. The molecule has 0 aromatic heterocycles. The van der Waals surface area contributed by atoms with Crippen LogP contribution in [0.3, 0.4) is 0 Å². The molecular weight excluding hydrogens is 376 g/mol. The van der Waals surface area contributed by atoms with Crippen molar-refractivity contribution >= 4 is 46.5 Å². The molecule has 2 aromatic carbocycles. The SMILES string of the molecule is CSc1ccccc1NC(=O)CN(C)CC(=O)Nc1ccc(NC(C)=O)cc1. The molecule has 3 amide bonds. The van der Waals surface area contributed by atoms with Gasteiger partial charge in [0.25, 0.3) is 0 Å². The molecule has 3 N–H and O–H groups in total. The van der Waals surface area contributed by atoms with E-state index in [4.69, 9.17) is 0 Å². The lowest BCUT2D eigenvalue weighted by Gasteiger charge is -2.17. The Labute approximate surface area is 168 Å². The van der Waals surface area contributed by atoms with E-state index in [1.54, 1.807) is 48.0 Å². The molecule has 0 unspecified atom stereocenters. The predicted octanol–water partition coefficient (Wildman–Crippen LogP) is 2.88. The van der Waals surface area contributed by atoms with Crippen molar-refractivity contribution in [3.05, 3.63) is 48.5 Å². The van der Waals surface area contributed by atoms with Gasteiger partial charge in [-0.05, 0) is 49.7 Å². The Morgan fingerprint density at radius 1 is 0.857 bits per heavy atom. The zero-order chi connectivity index (χ0) is 20.5. The molecule has 0 radical (unpaired) electrons. The summed E-state index contributed by atoms with van der Waals surface area (Å²) in [6.07, 6.45) is 1.95. The predicted molar refractivity (Wildman–Crippen MR) is 114 cm³/mol. The molecule has 2 rings (SSSR count). The summed E-state index contributed by atoms with van der Waals surface area (Å²) in [7, 11) is 1.71. The van der Waals surface area contributed by atoms with Crippen molar-refractivity contribution in [3.63, 3.8) is 0 Å². The van der Waals surface area contributed by atoms with Gasteiger partial charge in [-0.25, -0.2) is 0 Å². The number of para-hydroxylation sites is 1. The Kier molecular flexibility index (Phi) is 8.03. The van der Waals surface area contributed by atoms with Crippen molar-refractivity contribution in [1.82, 2.24) is 4.90 Å². The first-order valence-corrected chi connectivity index (χ1v) is 9.88. The summed E-state index contributed by atoms with van der Waals surface area (Å²) in [5.74, 6) is -0.569. The second kappa shape index (κ2) is 10.5. The van der Waals surface area contributed by atoms with E-state index < -0.39 is 0 Å². The number of thioether (sulfide) groups is 1. The van der Waals surface area contributed by atoms with Crippen molar-refractivity contribution in [2.45, 2.75) is 11.8 Å². The van der Waals surface area contributed by atoms with Crippen LogP contribution in [0.1, 0.15) is 6.92 Å². The van der Waals surface area contributed by atoms with E-state index in [1.807, 2.05) is 30.5 Å². The average Bonchev–Trinajstić information content (AvgIpc) is 2.63. The summed E-state index contributed by atoms with van der Waals surface area (Å²) < 4.78 is 0. The molecule has 0 atom stereocenters. The summed E-state index contributed by atoms with van der Waals surface area (Å²) >= 11 is 1.56. The molecular formula is C20H24N4O3S. The first-order chi connectivity index (χ1) is 13.4. The molecule has 0 bridgehead atoms. The summed E-state index contributed by atoms with van der Waals surface area (Å²) in [5.41, 5.74) is 2.03. The lowest BCUT2D eigenvalue weighted by Crippen LogP contribution is -2.36. The molecule has 7 nitrogen and oxygen atoms in total. The summed E-state index contributed by atoms with van der Waals surface area (Å²) in [6.45, 7) is 1.60. The van der Waals surface area contributed by atoms with Crippen LogP contribution in [-0.4, -0.2) is 49.0 Å². The standard InChI is InChI=1S/C20H24N4O3S/c1-14(25)21-15-8-10-16(11-9-15)22-19(26)12-24(2)13-20(27)23-17-6-4-5-7-18(17)28-3/h4-11H,12-13H2,1-3H3,(H,21,25)(H,22,26)(H,23,27). The summed E-state index contributed by atoms with van der Waals surface area (Å²) in [4.78, 5) is 38.0. The number of carbonyl (C=O) groups excluding carboxylic acids is 3. The number of likely N-dealkylation sites (N-methyl/N-ethyl adjacent to an activating group) is 1. The van der Waals surface area contributed by atoms with Gasteiger partial charge in [-0.2, -0.15) is 0 Å². The minimum absolute atomic E-state index is 0.0744. The van der Waals surface area contributed by atoms with Crippen LogP contribution in [0.25, 0.3) is 0 Å². The van der Waals surface area contributed by atoms with Crippen LogP contribution in [0.15, 0.2) is 53.4 Å². The molecule has 8 heteroatoms. The quantitative estimate of drug-likeness (QED) is 0.593. The van der Waals surface area contributed by atoms with Gasteiger partial charge in [0.1, 0.15) is 0 Å². The molecule has 2 aromatic rings. The molecule has 0 saturated carbocycles. The topological polar surface area (TPSA) is 90.5 Å². The molecule has 148 valence electrons. The fourth-order valence-corrected chi connectivity index (χ4v) is 3.08. The number of rotatable bonds is 8.